The van der Waals surface area contributed by atoms with Gasteiger partial charge in [0.2, 0.25) is 15.9 Å². The number of hydrogen-bond donors (Lipinski definition) is 3. The summed E-state index contributed by atoms with van der Waals surface area (Å²) in [6.45, 7) is 3.71. The number of nitrogens with one attached hydrogen (secondary N) is 1. The Hall–Kier alpha value is -4.19. The van der Waals surface area contributed by atoms with Gasteiger partial charge in [0.05, 0.1) is 23.5 Å². The monoisotopic (exact) mass is 620 g/mol. The number of amides is 1. The fourth-order valence-electron chi connectivity index (χ4n) is 5.03. The Morgan fingerprint density at radius 3 is 2.30 bits per heavy atom. The van der Waals surface area contributed by atoms with Crippen molar-refractivity contribution in [2.24, 2.45) is 5.92 Å². The Balaban J connectivity index is 1.61. The van der Waals surface area contributed by atoms with Crippen LogP contribution in [-0.2, 0) is 27.7 Å². The molecule has 0 saturated heterocycles. The van der Waals surface area contributed by atoms with Crippen molar-refractivity contribution in [1.29, 1.82) is 0 Å². The smallest absolute Gasteiger partial charge is 0.336 e. The van der Waals surface area contributed by atoms with Crippen molar-refractivity contribution in [3.05, 3.63) is 100 Å². The second-order valence-electron chi connectivity index (χ2n) is 11.6. The topological polar surface area (TPSA) is 146 Å². The fraction of sp³-hybridized carbons (Fsp3) is 0.333. The molecule has 234 valence electrons. The predicted molar refractivity (Wildman–Crippen MR) is 173 cm³/mol. The lowest BCUT2D eigenvalue weighted by atomic mass is 10.00. The molecule has 0 bridgehead atoms. The third-order valence-corrected chi connectivity index (χ3v) is 9.11. The van der Waals surface area contributed by atoms with Crippen LogP contribution in [0.5, 0.6) is 0 Å². The van der Waals surface area contributed by atoms with Gasteiger partial charge in [-0.25, -0.2) is 13.2 Å². The van der Waals surface area contributed by atoms with Crippen LogP contribution in [0.15, 0.2) is 93.0 Å². The normalized spacial score (nSPS) is 13.2. The molecule has 0 saturated carbocycles. The quantitative estimate of drug-likeness (QED) is 0.152. The molecule has 1 amide bonds. The van der Waals surface area contributed by atoms with Crippen LogP contribution in [-0.4, -0.2) is 63.1 Å². The molecule has 44 heavy (non-hydrogen) atoms. The number of nitrogens with zero attached hydrogens (tertiary/aromatic N) is 2. The first-order chi connectivity index (χ1) is 20.8. The predicted octanol–water partition coefficient (Wildman–Crippen LogP) is 3.42. The zero-order valence-electron chi connectivity index (χ0n) is 25.4. The number of carbonyl (C=O) groups excluding carboxylic acids is 1. The van der Waals surface area contributed by atoms with E-state index in [0.29, 0.717) is 22.2 Å². The summed E-state index contributed by atoms with van der Waals surface area (Å²) in [5, 5.41) is 15.1. The van der Waals surface area contributed by atoms with Crippen molar-refractivity contribution < 1.29 is 22.7 Å². The maximum Gasteiger partial charge on any atom is 0.336 e. The summed E-state index contributed by atoms with van der Waals surface area (Å²) in [6.07, 6.45) is -1.13. The third-order valence-electron chi connectivity index (χ3n) is 7.27. The molecule has 0 radical (unpaired) electrons. The lowest BCUT2D eigenvalue weighted by Crippen LogP contribution is -2.51. The van der Waals surface area contributed by atoms with E-state index in [1.54, 1.807) is 12.1 Å². The molecule has 0 fully saturated rings. The van der Waals surface area contributed by atoms with Crippen LogP contribution >= 0.6 is 0 Å². The van der Waals surface area contributed by atoms with E-state index in [-0.39, 0.29) is 36.7 Å². The first-order valence-corrected chi connectivity index (χ1v) is 15.9. The number of carbonyl (C=O) groups is 1. The van der Waals surface area contributed by atoms with Gasteiger partial charge in [0.25, 0.3) is 0 Å². The zero-order valence-corrected chi connectivity index (χ0v) is 26.3. The van der Waals surface area contributed by atoms with E-state index >= 15 is 0 Å². The van der Waals surface area contributed by atoms with Crippen molar-refractivity contribution in [3.63, 3.8) is 0 Å². The highest BCUT2D eigenvalue weighted by atomic mass is 32.2. The van der Waals surface area contributed by atoms with Crippen LogP contribution in [0.2, 0.25) is 0 Å². The highest BCUT2D eigenvalue weighted by Gasteiger charge is 2.31. The summed E-state index contributed by atoms with van der Waals surface area (Å²) in [6, 6.07) is 21.1. The van der Waals surface area contributed by atoms with Gasteiger partial charge in [0.1, 0.15) is 5.58 Å². The molecular weight excluding hydrogens is 580 g/mol. The van der Waals surface area contributed by atoms with E-state index in [1.807, 2.05) is 69.2 Å². The average Bonchev–Trinajstić information content (AvgIpc) is 2.96. The lowest BCUT2D eigenvalue weighted by molar-refractivity contribution is -0.122. The van der Waals surface area contributed by atoms with Crippen molar-refractivity contribution in [1.82, 2.24) is 9.62 Å². The van der Waals surface area contributed by atoms with Gasteiger partial charge in [-0.05, 0) is 59.9 Å². The molecule has 10 nitrogen and oxygen atoms in total. The van der Waals surface area contributed by atoms with Gasteiger partial charge in [0.15, 0.2) is 0 Å². The van der Waals surface area contributed by atoms with E-state index in [2.05, 4.69) is 5.32 Å². The molecule has 0 spiro atoms. The van der Waals surface area contributed by atoms with Crippen LogP contribution in [0.25, 0.3) is 11.0 Å². The van der Waals surface area contributed by atoms with Gasteiger partial charge in [-0.3, -0.25) is 4.79 Å². The second kappa shape index (κ2) is 14.1. The van der Waals surface area contributed by atoms with Crippen molar-refractivity contribution in [2.45, 2.75) is 43.7 Å². The van der Waals surface area contributed by atoms with Crippen LogP contribution in [0.3, 0.4) is 0 Å². The molecule has 4 aromatic rings. The molecule has 0 aliphatic carbocycles. The van der Waals surface area contributed by atoms with E-state index < -0.39 is 33.7 Å². The Morgan fingerprint density at radius 2 is 1.66 bits per heavy atom. The minimum absolute atomic E-state index is 0.0287. The zero-order chi connectivity index (χ0) is 32.0. The molecule has 11 heteroatoms. The molecule has 0 aliphatic heterocycles. The maximum absolute atomic E-state index is 13.6. The van der Waals surface area contributed by atoms with Crippen molar-refractivity contribution in [3.8, 4) is 0 Å². The highest BCUT2D eigenvalue weighted by Crippen LogP contribution is 2.24. The SMILES string of the molecule is CC(C)CN(C[C@@H](O)[C@H](Cc1ccccc1)NC(=O)Cc1cc(=O)oc2cc(N(C)C)ccc12)S(=O)(=O)c1ccc(N)cc1. The van der Waals surface area contributed by atoms with E-state index in [0.717, 1.165) is 11.3 Å². The Kier molecular flexibility index (Phi) is 10.5. The minimum Gasteiger partial charge on any atom is -0.423 e. The number of sulfonamides is 1. The first-order valence-electron chi connectivity index (χ1n) is 14.4. The maximum atomic E-state index is 13.6. The molecule has 0 unspecified atom stereocenters. The number of rotatable bonds is 13. The Bertz CT molecular complexity index is 1740. The molecule has 2 atom stereocenters. The molecule has 3 aromatic carbocycles. The van der Waals surface area contributed by atoms with E-state index in [1.165, 1.54) is 34.6 Å². The minimum atomic E-state index is -3.97. The Labute approximate surface area is 258 Å². The molecular formula is C33H40N4O6S. The summed E-state index contributed by atoms with van der Waals surface area (Å²) < 4.78 is 33.9. The van der Waals surface area contributed by atoms with Crippen LogP contribution in [0.1, 0.15) is 25.0 Å². The highest BCUT2D eigenvalue weighted by molar-refractivity contribution is 7.89. The number of anilines is 2. The van der Waals surface area contributed by atoms with Gasteiger partial charge in [-0.2, -0.15) is 4.31 Å². The summed E-state index contributed by atoms with van der Waals surface area (Å²) >= 11 is 0. The van der Waals surface area contributed by atoms with Gasteiger partial charge in [0, 0.05) is 56.1 Å². The number of nitrogens with two attached hydrogens (primary N) is 1. The number of nitrogen functional groups attached to an aromatic ring is 1. The summed E-state index contributed by atoms with van der Waals surface area (Å²) in [7, 11) is -0.228. The Morgan fingerprint density at radius 1 is 0.977 bits per heavy atom. The number of benzene rings is 3. The van der Waals surface area contributed by atoms with E-state index in [9.17, 15) is 23.1 Å². The lowest BCUT2D eigenvalue weighted by Gasteiger charge is -2.31. The van der Waals surface area contributed by atoms with Gasteiger partial charge < -0.3 is 25.5 Å². The molecule has 0 aliphatic rings. The van der Waals surface area contributed by atoms with Crippen molar-refractivity contribution >= 4 is 38.3 Å². The van der Waals surface area contributed by atoms with Crippen LogP contribution < -0.4 is 21.6 Å². The first kappa shape index (κ1) is 32.7. The molecule has 4 N–H and O–H groups in total. The number of fused-ring (bicyclic) bond motifs is 1. The van der Waals surface area contributed by atoms with Crippen LogP contribution in [0.4, 0.5) is 11.4 Å². The average molecular weight is 621 g/mol. The molecule has 1 aromatic heterocycles. The number of hydrogen-bond acceptors (Lipinski definition) is 8. The van der Waals surface area contributed by atoms with Crippen molar-refractivity contribution in [2.75, 3.05) is 37.8 Å². The summed E-state index contributed by atoms with van der Waals surface area (Å²) in [5.74, 6) is -0.454. The fourth-order valence-corrected chi connectivity index (χ4v) is 6.65. The largest absolute Gasteiger partial charge is 0.423 e. The summed E-state index contributed by atoms with van der Waals surface area (Å²) in [4.78, 5) is 27.8. The number of aliphatic hydroxyl groups is 1. The second-order valence-corrected chi connectivity index (χ2v) is 13.5. The molecule has 1 heterocycles. The van der Waals surface area contributed by atoms with Crippen LogP contribution in [0, 0.1) is 5.92 Å². The van der Waals surface area contributed by atoms with Gasteiger partial charge in [-0.15, -0.1) is 0 Å². The van der Waals surface area contributed by atoms with Gasteiger partial charge in [-0.1, -0.05) is 44.2 Å². The molecule has 4 rings (SSSR count). The number of aliphatic hydroxyl groups excluding tert-OH is 1. The summed E-state index contributed by atoms with van der Waals surface area (Å²) in [5.41, 5.74) is 8.18. The van der Waals surface area contributed by atoms with E-state index in [4.69, 9.17) is 10.2 Å². The third kappa shape index (κ3) is 8.25. The standard InChI is InChI=1S/C33H40N4O6S/c1-22(2)20-37(44(41,42)27-13-10-25(34)11-14-27)21-30(38)29(16-23-8-6-5-7-9-23)35-32(39)17-24-18-33(40)43-31-19-26(36(3)4)12-15-28(24)31/h5-15,18-19,22,29-30,38H,16-17,20-21,34H2,1-4H3,(H,35,39)/t29-,30+/m0/s1. The van der Waals surface area contributed by atoms with Gasteiger partial charge >= 0.3 is 5.63 Å².